The average Bonchev–Trinajstić information content (AvgIpc) is 3.53. The molecule has 0 N–H and O–H groups in total. The number of amides is 1. The zero-order valence-electron chi connectivity index (χ0n) is 16.8. The van der Waals surface area contributed by atoms with Gasteiger partial charge in [-0.3, -0.25) is 4.79 Å². The molecule has 5 rings (SSSR count). The lowest BCUT2D eigenvalue weighted by Gasteiger charge is -2.36. The van der Waals surface area contributed by atoms with E-state index in [9.17, 15) is 4.79 Å². The summed E-state index contributed by atoms with van der Waals surface area (Å²) < 4.78 is 12.5. The molecule has 2 aliphatic heterocycles. The van der Waals surface area contributed by atoms with E-state index >= 15 is 0 Å². The highest BCUT2D eigenvalue weighted by molar-refractivity contribution is 6.07. The second kappa shape index (κ2) is 7.43. The van der Waals surface area contributed by atoms with Gasteiger partial charge in [0.25, 0.3) is 5.91 Å². The first-order valence-electron chi connectivity index (χ1n) is 10.5. The molecule has 1 saturated carbocycles. The number of carbonyl (C=O) groups is 1. The summed E-state index contributed by atoms with van der Waals surface area (Å²) in [7, 11) is 0. The second-order valence-electron chi connectivity index (χ2n) is 8.55. The molecule has 2 atom stereocenters. The molecule has 2 aromatic rings. The van der Waals surface area contributed by atoms with E-state index in [1.165, 1.54) is 18.4 Å². The van der Waals surface area contributed by atoms with Gasteiger partial charge < -0.3 is 14.4 Å². The largest absolute Gasteiger partial charge is 0.374 e. The lowest BCUT2D eigenvalue weighted by molar-refractivity contribution is -0.156. The SMILES string of the molecule is CC1=C[C@@H](COCc2ccccc2)O[C@@]2(C1)C(=O)N(CC1CC1)c1ccccc12. The van der Waals surface area contributed by atoms with Crippen molar-refractivity contribution in [3.63, 3.8) is 0 Å². The lowest BCUT2D eigenvalue weighted by atomic mass is 9.85. The molecule has 29 heavy (non-hydrogen) atoms. The van der Waals surface area contributed by atoms with Crippen LogP contribution in [0.4, 0.5) is 5.69 Å². The third-order valence-electron chi connectivity index (χ3n) is 6.10. The summed E-state index contributed by atoms with van der Waals surface area (Å²) in [6.07, 6.45) is 4.92. The molecule has 0 bridgehead atoms. The highest BCUT2D eigenvalue weighted by atomic mass is 16.6. The third-order valence-corrected chi connectivity index (χ3v) is 6.10. The number of anilines is 1. The number of carbonyl (C=O) groups excluding carboxylic acids is 1. The fourth-order valence-corrected chi connectivity index (χ4v) is 4.57. The van der Waals surface area contributed by atoms with Crippen LogP contribution in [-0.4, -0.2) is 25.2 Å². The number of hydrogen-bond acceptors (Lipinski definition) is 3. The van der Waals surface area contributed by atoms with E-state index in [-0.39, 0.29) is 12.0 Å². The van der Waals surface area contributed by atoms with E-state index in [1.54, 1.807) is 0 Å². The van der Waals surface area contributed by atoms with Crippen molar-refractivity contribution in [2.45, 2.75) is 44.5 Å². The van der Waals surface area contributed by atoms with Crippen molar-refractivity contribution in [3.8, 4) is 0 Å². The molecule has 150 valence electrons. The number of para-hydroxylation sites is 1. The monoisotopic (exact) mass is 389 g/mol. The van der Waals surface area contributed by atoms with Gasteiger partial charge in [-0.05, 0) is 37.3 Å². The predicted molar refractivity (Wildman–Crippen MR) is 113 cm³/mol. The Morgan fingerprint density at radius 3 is 2.66 bits per heavy atom. The molecule has 1 amide bonds. The summed E-state index contributed by atoms with van der Waals surface area (Å²) in [5.41, 5.74) is 3.43. The first kappa shape index (κ1) is 18.6. The summed E-state index contributed by atoms with van der Waals surface area (Å²) in [6.45, 7) is 3.87. The Morgan fingerprint density at radius 2 is 1.86 bits per heavy atom. The van der Waals surface area contributed by atoms with Crippen molar-refractivity contribution in [2.24, 2.45) is 5.92 Å². The first-order chi connectivity index (χ1) is 14.2. The average molecular weight is 389 g/mol. The minimum absolute atomic E-state index is 0.0890. The standard InChI is InChI=1S/C25H27NO3/c1-18-13-21(17-28-16-20-7-3-2-4-8-20)29-25(14-18)22-9-5-6-10-23(22)26(24(25)27)15-19-11-12-19/h2-10,13,19,21H,11-12,14-17H2,1H3/t21-,25+/m0/s1. The van der Waals surface area contributed by atoms with Gasteiger partial charge in [0.15, 0.2) is 5.60 Å². The molecule has 2 aromatic carbocycles. The maximum absolute atomic E-state index is 13.6. The normalized spacial score (nSPS) is 26.0. The first-order valence-corrected chi connectivity index (χ1v) is 10.5. The lowest BCUT2D eigenvalue weighted by Crippen LogP contribution is -2.47. The molecular weight excluding hydrogens is 362 g/mol. The van der Waals surface area contributed by atoms with Gasteiger partial charge in [0.1, 0.15) is 6.10 Å². The Morgan fingerprint density at radius 1 is 1.10 bits per heavy atom. The summed E-state index contributed by atoms with van der Waals surface area (Å²) in [6, 6.07) is 18.3. The molecule has 0 unspecified atom stereocenters. The van der Waals surface area contributed by atoms with Crippen LogP contribution in [0.1, 0.15) is 37.3 Å². The molecule has 0 saturated heterocycles. The predicted octanol–water partition coefficient (Wildman–Crippen LogP) is 4.59. The van der Waals surface area contributed by atoms with Crippen molar-refractivity contribution >= 4 is 11.6 Å². The van der Waals surface area contributed by atoms with Crippen LogP contribution in [0.5, 0.6) is 0 Å². The van der Waals surface area contributed by atoms with E-state index < -0.39 is 5.60 Å². The second-order valence-corrected chi connectivity index (χ2v) is 8.55. The van der Waals surface area contributed by atoms with E-state index in [0.717, 1.165) is 23.4 Å². The number of rotatable bonds is 6. The van der Waals surface area contributed by atoms with Crippen LogP contribution in [0, 0.1) is 5.92 Å². The van der Waals surface area contributed by atoms with Gasteiger partial charge >= 0.3 is 0 Å². The molecule has 4 heteroatoms. The van der Waals surface area contributed by atoms with Gasteiger partial charge in [-0.25, -0.2) is 0 Å². The molecule has 2 heterocycles. The summed E-state index contributed by atoms with van der Waals surface area (Å²) in [5, 5.41) is 0. The number of nitrogens with zero attached hydrogens (tertiary/aromatic N) is 1. The van der Waals surface area contributed by atoms with Gasteiger partial charge in [0, 0.05) is 18.5 Å². The molecule has 3 aliphatic rings. The fraction of sp³-hybridized carbons (Fsp3) is 0.400. The number of fused-ring (bicyclic) bond motifs is 2. The van der Waals surface area contributed by atoms with Crippen LogP contribution < -0.4 is 4.90 Å². The van der Waals surface area contributed by atoms with Gasteiger partial charge in [0.05, 0.1) is 18.9 Å². The molecule has 1 fully saturated rings. The fourth-order valence-electron chi connectivity index (χ4n) is 4.57. The van der Waals surface area contributed by atoms with Crippen LogP contribution in [0.25, 0.3) is 0 Å². The molecule has 1 spiro atoms. The molecule has 0 radical (unpaired) electrons. The minimum atomic E-state index is -0.912. The highest BCUT2D eigenvalue weighted by Crippen LogP contribution is 2.49. The van der Waals surface area contributed by atoms with Crippen LogP contribution in [-0.2, 0) is 26.5 Å². The zero-order chi connectivity index (χ0) is 19.8. The molecular formula is C25H27NO3. The molecule has 4 nitrogen and oxygen atoms in total. The van der Waals surface area contributed by atoms with Gasteiger partial charge in [0.2, 0.25) is 0 Å². The van der Waals surface area contributed by atoms with E-state index in [0.29, 0.717) is 25.6 Å². The van der Waals surface area contributed by atoms with Crippen molar-refractivity contribution in [1.29, 1.82) is 0 Å². The third kappa shape index (κ3) is 3.52. The smallest absolute Gasteiger partial charge is 0.264 e. The Kier molecular flexibility index (Phi) is 4.76. The minimum Gasteiger partial charge on any atom is -0.374 e. The number of hydrogen-bond donors (Lipinski definition) is 0. The maximum Gasteiger partial charge on any atom is 0.264 e. The summed E-state index contributed by atoms with van der Waals surface area (Å²) >= 11 is 0. The van der Waals surface area contributed by atoms with Crippen LogP contribution in [0.2, 0.25) is 0 Å². The van der Waals surface area contributed by atoms with Crippen molar-refractivity contribution in [3.05, 3.63) is 77.4 Å². The number of ether oxygens (including phenoxy) is 2. The van der Waals surface area contributed by atoms with Crippen LogP contribution >= 0.6 is 0 Å². The highest BCUT2D eigenvalue weighted by Gasteiger charge is 2.54. The Bertz CT molecular complexity index is 934. The van der Waals surface area contributed by atoms with E-state index in [2.05, 4.69) is 37.3 Å². The topological polar surface area (TPSA) is 38.8 Å². The quantitative estimate of drug-likeness (QED) is 0.678. The van der Waals surface area contributed by atoms with Gasteiger partial charge in [-0.1, -0.05) is 60.2 Å². The Balaban J connectivity index is 1.37. The van der Waals surface area contributed by atoms with Crippen LogP contribution in [0.3, 0.4) is 0 Å². The van der Waals surface area contributed by atoms with Crippen molar-refractivity contribution < 1.29 is 14.3 Å². The molecule has 0 aromatic heterocycles. The maximum atomic E-state index is 13.6. The Hall–Kier alpha value is -2.43. The summed E-state index contributed by atoms with van der Waals surface area (Å²) in [5.74, 6) is 0.721. The van der Waals surface area contributed by atoms with Crippen LogP contribution in [0.15, 0.2) is 66.2 Å². The van der Waals surface area contributed by atoms with Crippen molar-refractivity contribution in [2.75, 3.05) is 18.1 Å². The number of benzene rings is 2. The zero-order valence-corrected chi connectivity index (χ0v) is 16.8. The van der Waals surface area contributed by atoms with Crippen molar-refractivity contribution in [1.82, 2.24) is 0 Å². The molecule has 1 aliphatic carbocycles. The van der Waals surface area contributed by atoms with E-state index in [1.807, 2.05) is 35.2 Å². The van der Waals surface area contributed by atoms with Gasteiger partial charge in [-0.15, -0.1) is 0 Å². The Labute approximate surface area is 172 Å². The summed E-state index contributed by atoms with van der Waals surface area (Å²) in [4.78, 5) is 15.6. The van der Waals surface area contributed by atoms with Gasteiger partial charge in [-0.2, -0.15) is 0 Å². The van der Waals surface area contributed by atoms with E-state index in [4.69, 9.17) is 9.47 Å².